The number of esters is 1. The second kappa shape index (κ2) is 8.93. The second-order valence-corrected chi connectivity index (χ2v) is 7.48. The minimum atomic E-state index is -1.06. The van der Waals surface area contributed by atoms with Crippen LogP contribution < -0.4 is 9.47 Å². The number of hydrogen-bond donors (Lipinski definition) is 2. The van der Waals surface area contributed by atoms with Gasteiger partial charge in [-0.1, -0.05) is 12.1 Å². The summed E-state index contributed by atoms with van der Waals surface area (Å²) < 4.78 is 11.6. The lowest BCUT2D eigenvalue weighted by molar-refractivity contribution is 0.0685. The Balaban J connectivity index is 1.94. The van der Waals surface area contributed by atoms with Crippen LogP contribution in [-0.4, -0.2) is 28.1 Å². The van der Waals surface area contributed by atoms with Crippen molar-refractivity contribution in [2.24, 2.45) is 0 Å². The molecule has 2 N–H and O–H groups in total. The van der Waals surface area contributed by atoms with E-state index in [2.05, 4.69) is 0 Å². The Morgan fingerprint density at radius 1 is 0.688 bits per heavy atom. The lowest BCUT2D eigenvalue weighted by atomic mass is 10.1. The highest BCUT2D eigenvalue weighted by Crippen LogP contribution is 2.33. The first-order chi connectivity index (χ1) is 15.1. The molecular weight excluding hydrogens is 412 g/mol. The molecule has 3 rings (SSSR count). The van der Waals surface area contributed by atoms with Gasteiger partial charge in [0.1, 0.15) is 22.8 Å². The van der Waals surface area contributed by atoms with E-state index in [-0.39, 0.29) is 28.2 Å². The topological polar surface area (TPSA) is 110 Å². The largest absolute Gasteiger partial charge is 0.478 e. The Morgan fingerprint density at radius 3 is 1.59 bits per heavy atom. The van der Waals surface area contributed by atoms with Crippen molar-refractivity contribution < 1.29 is 34.1 Å². The lowest BCUT2D eigenvalue weighted by Crippen LogP contribution is -2.12. The fourth-order valence-electron chi connectivity index (χ4n) is 3.45. The van der Waals surface area contributed by atoms with Gasteiger partial charge in [0.2, 0.25) is 0 Å². The minimum absolute atomic E-state index is 0.110. The molecule has 0 aliphatic rings. The van der Waals surface area contributed by atoms with Crippen molar-refractivity contribution in [1.29, 1.82) is 0 Å². The Labute approximate surface area is 184 Å². The maximum absolute atomic E-state index is 13.0. The fourth-order valence-corrected chi connectivity index (χ4v) is 3.45. The van der Waals surface area contributed by atoms with Crippen molar-refractivity contribution in [1.82, 2.24) is 0 Å². The molecule has 0 unspecified atom stereocenters. The van der Waals surface area contributed by atoms with E-state index in [1.54, 1.807) is 52.0 Å². The fraction of sp³-hybridized carbons (Fsp3) is 0.160. The molecule has 32 heavy (non-hydrogen) atoms. The first kappa shape index (κ1) is 22.6. The van der Waals surface area contributed by atoms with Crippen molar-refractivity contribution in [2.45, 2.75) is 27.7 Å². The summed E-state index contributed by atoms with van der Waals surface area (Å²) in [5.41, 5.74) is 2.70. The average molecular weight is 434 g/mol. The second-order valence-electron chi connectivity index (χ2n) is 7.48. The summed E-state index contributed by atoms with van der Waals surface area (Å²) >= 11 is 0. The van der Waals surface area contributed by atoms with Crippen molar-refractivity contribution in [2.75, 3.05) is 0 Å². The molecule has 7 heteroatoms. The summed E-state index contributed by atoms with van der Waals surface area (Å²) in [5, 5.41) is 18.4. The van der Waals surface area contributed by atoms with Crippen LogP contribution in [0.4, 0.5) is 0 Å². The van der Waals surface area contributed by atoms with E-state index in [4.69, 9.17) is 9.47 Å². The molecule has 0 heterocycles. The smallest absolute Gasteiger partial charge is 0.347 e. The molecule has 0 saturated heterocycles. The van der Waals surface area contributed by atoms with Gasteiger partial charge in [0, 0.05) is 0 Å². The predicted molar refractivity (Wildman–Crippen MR) is 117 cm³/mol. The van der Waals surface area contributed by atoms with Gasteiger partial charge < -0.3 is 19.7 Å². The molecule has 0 amide bonds. The Kier molecular flexibility index (Phi) is 6.30. The molecule has 0 aromatic heterocycles. The number of carbonyl (C=O) groups excluding carboxylic acids is 1. The number of carboxylic acid groups (broad SMARTS) is 2. The van der Waals surface area contributed by atoms with Gasteiger partial charge in [-0.3, -0.25) is 0 Å². The van der Waals surface area contributed by atoms with Gasteiger partial charge in [0.15, 0.2) is 0 Å². The number of aryl methyl sites for hydroxylation is 4. The molecule has 164 valence electrons. The van der Waals surface area contributed by atoms with Crippen LogP contribution in [0.3, 0.4) is 0 Å². The SMILES string of the molecule is Cc1cc(C(=O)O)cc(C)c1OC(=O)c1ccccc1Oc1c(C)cc(C(=O)O)cc1C. The van der Waals surface area contributed by atoms with Gasteiger partial charge in [0.05, 0.1) is 11.1 Å². The summed E-state index contributed by atoms with van der Waals surface area (Å²) in [7, 11) is 0. The van der Waals surface area contributed by atoms with E-state index in [0.717, 1.165) is 0 Å². The van der Waals surface area contributed by atoms with Crippen LogP contribution in [0.2, 0.25) is 0 Å². The summed E-state index contributed by atoms with van der Waals surface area (Å²) in [4.78, 5) is 35.5. The van der Waals surface area contributed by atoms with Crippen LogP contribution in [0.1, 0.15) is 53.3 Å². The minimum Gasteiger partial charge on any atom is -0.478 e. The van der Waals surface area contributed by atoms with Gasteiger partial charge in [-0.25, -0.2) is 14.4 Å². The third-order valence-corrected chi connectivity index (χ3v) is 4.93. The molecule has 7 nitrogen and oxygen atoms in total. The maximum Gasteiger partial charge on any atom is 0.347 e. The third-order valence-electron chi connectivity index (χ3n) is 4.93. The summed E-state index contributed by atoms with van der Waals surface area (Å²) in [6.45, 7) is 6.79. The molecule has 0 aliphatic heterocycles. The highest BCUT2D eigenvalue weighted by atomic mass is 16.5. The van der Waals surface area contributed by atoms with Crippen LogP contribution in [-0.2, 0) is 0 Å². The highest BCUT2D eigenvalue weighted by Gasteiger charge is 2.20. The van der Waals surface area contributed by atoms with Crippen molar-refractivity contribution in [3.05, 3.63) is 87.5 Å². The Morgan fingerprint density at radius 2 is 1.12 bits per heavy atom. The van der Waals surface area contributed by atoms with E-state index >= 15 is 0 Å². The van der Waals surface area contributed by atoms with Crippen LogP contribution in [0.15, 0.2) is 48.5 Å². The first-order valence-electron chi connectivity index (χ1n) is 9.76. The van der Waals surface area contributed by atoms with E-state index < -0.39 is 17.9 Å². The van der Waals surface area contributed by atoms with Crippen molar-refractivity contribution in [3.63, 3.8) is 0 Å². The number of ether oxygens (including phenoxy) is 2. The zero-order valence-corrected chi connectivity index (χ0v) is 18.1. The summed E-state index contributed by atoms with van der Waals surface area (Å²) in [6.07, 6.45) is 0. The van der Waals surface area contributed by atoms with E-state index in [0.29, 0.717) is 28.0 Å². The van der Waals surface area contributed by atoms with Gasteiger partial charge in [-0.2, -0.15) is 0 Å². The molecule has 3 aromatic carbocycles. The molecule has 3 aromatic rings. The first-order valence-corrected chi connectivity index (χ1v) is 9.76. The molecule has 0 radical (unpaired) electrons. The van der Waals surface area contributed by atoms with Crippen LogP contribution in [0.5, 0.6) is 17.2 Å². The van der Waals surface area contributed by atoms with E-state index in [1.807, 2.05) is 0 Å². The average Bonchev–Trinajstić information content (AvgIpc) is 2.73. The molecule has 0 bridgehead atoms. The van der Waals surface area contributed by atoms with E-state index in [9.17, 15) is 24.6 Å². The summed E-state index contributed by atoms with van der Waals surface area (Å²) in [6, 6.07) is 12.4. The van der Waals surface area contributed by atoms with Gasteiger partial charge in [-0.15, -0.1) is 0 Å². The Hall–Kier alpha value is -4.13. The molecule has 0 fully saturated rings. The molecule has 0 saturated carbocycles. The number of rotatable bonds is 6. The molecule has 0 atom stereocenters. The van der Waals surface area contributed by atoms with Crippen LogP contribution >= 0.6 is 0 Å². The van der Waals surface area contributed by atoms with Gasteiger partial charge >= 0.3 is 17.9 Å². The zero-order chi connectivity index (χ0) is 23.6. The number of hydrogen-bond acceptors (Lipinski definition) is 5. The number of para-hydroxylation sites is 1. The molecular formula is C25H22O7. The van der Waals surface area contributed by atoms with Gasteiger partial charge in [0.25, 0.3) is 0 Å². The monoisotopic (exact) mass is 434 g/mol. The van der Waals surface area contributed by atoms with Crippen LogP contribution in [0, 0.1) is 27.7 Å². The number of aromatic carboxylic acids is 2. The van der Waals surface area contributed by atoms with Crippen molar-refractivity contribution in [3.8, 4) is 17.2 Å². The number of carbonyl (C=O) groups is 3. The Bertz CT molecular complexity index is 1190. The standard InChI is InChI=1S/C25H22O7/c1-13-9-17(23(26)27)10-14(2)21(13)31-20-8-6-5-7-19(20)25(30)32-22-15(3)11-18(24(28)29)12-16(22)4/h5-12H,1-4H3,(H,26,27)(H,28,29). The lowest BCUT2D eigenvalue weighted by Gasteiger charge is -2.16. The number of carboxylic acids is 2. The zero-order valence-electron chi connectivity index (χ0n) is 18.1. The van der Waals surface area contributed by atoms with Crippen LogP contribution in [0.25, 0.3) is 0 Å². The molecule has 0 spiro atoms. The summed E-state index contributed by atoms with van der Waals surface area (Å²) in [5.74, 6) is -1.77. The highest BCUT2D eigenvalue weighted by molar-refractivity contribution is 5.95. The molecule has 0 aliphatic carbocycles. The maximum atomic E-state index is 13.0. The third kappa shape index (κ3) is 4.62. The van der Waals surface area contributed by atoms with Crippen molar-refractivity contribution >= 4 is 17.9 Å². The van der Waals surface area contributed by atoms with Gasteiger partial charge in [-0.05, 0) is 86.3 Å². The predicted octanol–water partition coefficient (Wildman–Crippen LogP) is 5.33. The quantitative estimate of drug-likeness (QED) is 0.399. The normalized spacial score (nSPS) is 10.5. The number of benzene rings is 3. The van der Waals surface area contributed by atoms with E-state index in [1.165, 1.54) is 24.3 Å².